The molecule has 4 nitrogen and oxygen atoms in total. The van der Waals surface area contributed by atoms with Gasteiger partial charge in [0.15, 0.2) is 0 Å². The number of hydrogen-bond donors (Lipinski definition) is 1. The van der Waals surface area contributed by atoms with Crippen molar-refractivity contribution in [3.63, 3.8) is 0 Å². The van der Waals surface area contributed by atoms with Crippen molar-refractivity contribution in [2.45, 2.75) is 9.79 Å². The summed E-state index contributed by atoms with van der Waals surface area (Å²) < 4.78 is 0. The number of nitro benzene ring substituents is 1. The molecule has 0 saturated heterocycles. The molecule has 0 bridgehead atoms. The third-order valence-corrected chi connectivity index (χ3v) is 4.50. The quantitative estimate of drug-likeness (QED) is 0.396. The molecule has 92 valence electrons. The summed E-state index contributed by atoms with van der Waals surface area (Å²) >= 11 is 0. The largest absolute Gasteiger partial charge is 0.399 e. The highest BCUT2D eigenvalue weighted by Crippen LogP contribution is 2.38. The van der Waals surface area contributed by atoms with Gasteiger partial charge in [0.05, 0.1) is 4.92 Å². The summed E-state index contributed by atoms with van der Waals surface area (Å²) in [4.78, 5) is 12.1. The number of nitro groups is 1. The molecular formula is C12H10N2O2S2. The van der Waals surface area contributed by atoms with E-state index in [1.54, 1.807) is 12.1 Å². The van der Waals surface area contributed by atoms with E-state index in [1.807, 2.05) is 30.3 Å². The van der Waals surface area contributed by atoms with Crippen molar-refractivity contribution in [3.05, 3.63) is 58.6 Å². The van der Waals surface area contributed by atoms with E-state index in [2.05, 4.69) is 0 Å². The van der Waals surface area contributed by atoms with Gasteiger partial charge in [-0.15, -0.1) is 0 Å². The van der Waals surface area contributed by atoms with E-state index in [4.69, 9.17) is 5.73 Å². The van der Waals surface area contributed by atoms with E-state index in [0.717, 1.165) is 9.79 Å². The Kier molecular flexibility index (Phi) is 4.11. The maximum absolute atomic E-state index is 10.6. The number of hydrogen-bond acceptors (Lipinski definition) is 5. The Morgan fingerprint density at radius 2 is 1.61 bits per heavy atom. The second kappa shape index (κ2) is 5.79. The van der Waals surface area contributed by atoms with Gasteiger partial charge in [-0.25, -0.2) is 0 Å². The number of rotatable bonds is 4. The highest BCUT2D eigenvalue weighted by atomic mass is 33.1. The maximum atomic E-state index is 10.6. The minimum atomic E-state index is -0.394. The summed E-state index contributed by atoms with van der Waals surface area (Å²) in [7, 11) is 2.99. The Bertz CT molecular complexity index is 576. The number of nitrogens with zero attached hydrogens (tertiary/aromatic N) is 1. The second-order valence-corrected chi connectivity index (χ2v) is 5.77. The predicted molar refractivity (Wildman–Crippen MR) is 75.7 cm³/mol. The molecular weight excluding hydrogens is 268 g/mol. The standard InChI is InChI=1S/C12H10N2O2S2/c13-9-3-1-5-11(7-9)17-18-12-6-2-4-10(8-12)14(15)16/h1-8H,13H2. The normalized spacial score (nSPS) is 10.2. The third kappa shape index (κ3) is 3.41. The lowest BCUT2D eigenvalue weighted by Gasteiger charge is -2.02. The van der Waals surface area contributed by atoms with Crippen LogP contribution in [-0.4, -0.2) is 4.92 Å². The minimum Gasteiger partial charge on any atom is -0.399 e. The molecule has 0 atom stereocenters. The van der Waals surface area contributed by atoms with Crippen LogP contribution in [0.4, 0.5) is 11.4 Å². The average Bonchev–Trinajstić information content (AvgIpc) is 2.37. The molecule has 0 unspecified atom stereocenters. The van der Waals surface area contributed by atoms with Crippen molar-refractivity contribution in [2.24, 2.45) is 0 Å². The summed E-state index contributed by atoms with van der Waals surface area (Å²) in [5.74, 6) is 0. The number of nitrogens with two attached hydrogens (primary N) is 1. The number of anilines is 1. The lowest BCUT2D eigenvalue weighted by molar-refractivity contribution is -0.385. The highest BCUT2D eigenvalue weighted by molar-refractivity contribution is 8.76. The zero-order valence-corrected chi connectivity index (χ0v) is 10.9. The Labute approximate surface area is 112 Å². The molecule has 18 heavy (non-hydrogen) atoms. The third-order valence-electron chi connectivity index (χ3n) is 2.12. The SMILES string of the molecule is Nc1cccc(SSc2cccc([N+](=O)[O-])c2)c1. The first-order valence-electron chi connectivity index (χ1n) is 5.10. The van der Waals surface area contributed by atoms with Gasteiger partial charge < -0.3 is 5.73 Å². The number of non-ortho nitro benzene ring substituents is 1. The molecule has 2 aromatic carbocycles. The van der Waals surface area contributed by atoms with Crippen molar-refractivity contribution in [1.82, 2.24) is 0 Å². The monoisotopic (exact) mass is 278 g/mol. The van der Waals surface area contributed by atoms with Crippen LogP contribution in [0.15, 0.2) is 58.3 Å². The fraction of sp³-hybridized carbons (Fsp3) is 0. The molecule has 2 aromatic rings. The topological polar surface area (TPSA) is 69.2 Å². The van der Waals surface area contributed by atoms with Gasteiger partial charge in [-0.2, -0.15) is 0 Å². The molecule has 6 heteroatoms. The summed E-state index contributed by atoms with van der Waals surface area (Å²) in [6.45, 7) is 0. The van der Waals surface area contributed by atoms with Crippen LogP contribution < -0.4 is 5.73 Å². The molecule has 2 N–H and O–H groups in total. The van der Waals surface area contributed by atoms with Crippen molar-refractivity contribution in [3.8, 4) is 0 Å². The van der Waals surface area contributed by atoms with Crippen LogP contribution >= 0.6 is 21.6 Å². The Hall–Kier alpha value is -1.66. The van der Waals surface area contributed by atoms with Gasteiger partial charge in [0.2, 0.25) is 0 Å². The van der Waals surface area contributed by atoms with E-state index < -0.39 is 4.92 Å². The lowest BCUT2D eigenvalue weighted by atomic mass is 10.3. The molecule has 0 aromatic heterocycles. The second-order valence-electron chi connectivity index (χ2n) is 3.49. The van der Waals surface area contributed by atoms with Crippen LogP contribution in [0.2, 0.25) is 0 Å². The molecule has 2 rings (SSSR count). The van der Waals surface area contributed by atoms with Gasteiger partial charge in [-0.1, -0.05) is 33.7 Å². The smallest absolute Gasteiger partial charge is 0.270 e. The first-order chi connectivity index (χ1) is 8.65. The summed E-state index contributed by atoms with van der Waals surface area (Å²) in [6.07, 6.45) is 0. The molecule has 0 radical (unpaired) electrons. The van der Waals surface area contributed by atoms with E-state index in [0.29, 0.717) is 5.69 Å². The first kappa shape index (κ1) is 12.8. The first-order valence-corrected chi connectivity index (χ1v) is 7.24. The van der Waals surface area contributed by atoms with Gasteiger partial charge in [-0.05, 0) is 24.3 Å². The molecule has 0 fully saturated rings. The maximum Gasteiger partial charge on any atom is 0.270 e. The number of nitrogen functional groups attached to an aromatic ring is 1. The fourth-order valence-electron chi connectivity index (χ4n) is 1.31. The van der Waals surface area contributed by atoms with Crippen LogP contribution in [0.3, 0.4) is 0 Å². The molecule has 0 aliphatic heterocycles. The zero-order valence-electron chi connectivity index (χ0n) is 9.28. The summed E-state index contributed by atoms with van der Waals surface area (Å²) in [6, 6.07) is 14.1. The van der Waals surface area contributed by atoms with E-state index in [-0.39, 0.29) is 5.69 Å². The van der Waals surface area contributed by atoms with Gasteiger partial charge in [-0.3, -0.25) is 10.1 Å². The lowest BCUT2D eigenvalue weighted by Crippen LogP contribution is -1.86. The summed E-state index contributed by atoms with van der Waals surface area (Å²) in [5.41, 5.74) is 6.49. The van der Waals surface area contributed by atoms with Gasteiger partial charge in [0.1, 0.15) is 0 Å². The van der Waals surface area contributed by atoms with Crippen molar-refractivity contribution < 1.29 is 4.92 Å². The van der Waals surface area contributed by atoms with Crippen LogP contribution in [0.1, 0.15) is 0 Å². The Balaban J connectivity index is 2.06. The highest BCUT2D eigenvalue weighted by Gasteiger charge is 2.06. The van der Waals surface area contributed by atoms with Crippen molar-refractivity contribution >= 4 is 33.0 Å². The Morgan fingerprint density at radius 1 is 1.00 bits per heavy atom. The molecule has 0 aliphatic rings. The van der Waals surface area contributed by atoms with E-state index in [9.17, 15) is 10.1 Å². The minimum absolute atomic E-state index is 0.105. The zero-order chi connectivity index (χ0) is 13.0. The van der Waals surface area contributed by atoms with E-state index >= 15 is 0 Å². The molecule has 0 aliphatic carbocycles. The van der Waals surface area contributed by atoms with Crippen LogP contribution in [-0.2, 0) is 0 Å². The van der Waals surface area contributed by atoms with Crippen LogP contribution in [0.5, 0.6) is 0 Å². The van der Waals surface area contributed by atoms with Crippen LogP contribution in [0.25, 0.3) is 0 Å². The van der Waals surface area contributed by atoms with Gasteiger partial charge >= 0.3 is 0 Å². The number of benzene rings is 2. The Morgan fingerprint density at radius 3 is 2.22 bits per heavy atom. The molecule has 0 heterocycles. The van der Waals surface area contributed by atoms with E-state index in [1.165, 1.54) is 27.7 Å². The van der Waals surface area contributed by atoms with Crippen LogP contribution in [0, 0.1) is 10.1 Å². The van der Waals surface area contributed by atoms with Gasteiger partial charge in [0.25, 0.3) is 5.69 Å². The predicted octanol–water partition coefficient (Wildman–Crippen LogP) is 3.98. The molecule has 0 spiro atoms. The molecule has 0 saturated carbocycles. The van der Waals surface area contributed by atoms with Crippen molar-refractivity contribution in [2.75, 3.05) is 5.73 Å². The van der Waals surface area contributed by atoms with Gasteiger partial charge in [0, 0.05) is 27.6 Å². The fourth-order valence-corrected chi connectivity index (χ4v) is 3.32. The summed E-state index contributed by atoms with van der Waals surface area (Å²) in [5, 5.41) is 10.6. The molecule has 0 amide bonds. The van der Waals surface area contributed by atoms with Crippen molar-refractivity contribution in [1.29, 1.82) is 0 Å². The average molecular weight is 278 g/mol.